The standard InChI is InChI=1S/C18H14Cl3N3O4/c19-10-3-5-13(20)12(8-10)18(26)23-7-1-2-15(23)17(25)22-11-4-6-14(21)16(9-11)24(27)28/h3-6,8-9,15H,1-2,7H2,(H,22,25). The molecular formula is C18H14Cl3N3O4. The van der Waals surface area contributed by atoms with E-state index in [0.717, 1.165) is 0 Å². The first-order valence-corrected chi connectivity index (χ1v) is 9.42. The van der Waals surface area contributed by atoms with Crippen molar-refractivity contribution >= 4 is 58.0 Å². The first kappa shape index (κ1) is 20.4. The molecule has 2 aromatic carbocycles. The molecule has 0 spiro atoms. The number of carbonyl (C=O) groups is 2. The molecule has 1 saturated heterocycles. The number of hydrogen-bond donors (Lipinski definition) is 1. The van der Waals surface area contributed by atoms with E-state index in [4.69, 9.17) is 34.8 Å². The SMILES string of the molecule is O=C(Nc1ccc(Cl)c([N+](=O)[O-])c1)C1CCCN1C(=O)c1cc(Cl)ccc1Cl. The third-order valence-corrected chi connectivity index (χ3v) is 5.27. The second-order valence-electron chi connectivity index (χ2n) is 6.19. The number of amides is 2. The van der Waals surface area contributed by atoms with Crippen molar-refractivity contribution in [2.75, 3.05) is 11.9 Å². The van der Waals surface area contributed by atoms with Gasteiger partial charge in [-0.3, -0.25) is 19.7 Å². The van der Waals surface area contributed by atoms with E-state index >= 15 is 0 Å². The Bertz CT molecular complexity index is 967. The molecule has 0 aliphatic carbocycles. The van der Waals surface area contributed by atoms with Crippen molar-refractivity contribution < 1.29 is 14.5 Å². The van der Waals surface area contributed by atoms with Gasteiger partial charge in [0, 0.05) is 23.3 Å². The quantitative estimate of drug-likeness (QED) is 0.544. The third kappa shape index (κ3) is 4.22. The zero-order valence-electron chi connectivity index (χ0n) is 14.3. The van der Waals surface area contributed by atoms with E-state index < -0.39 is 22.8 Å². The molecule has 1 fully saturated rings. The number of benzene rings is 2. The summed E-state index contributed by atoms with van der Waals surface area (Å²) in [6.45, 7) is 0.389. The number of anilines is 1. The van der Waals surface area contributed by atoms with Gasteiger partial charge in [0.2, 0.25) is 5.91 Å². The molecule has 146 valence electrons. The Kier molecular flexibility index (Phi) is 6.07. The molecule has 0 bridgehead atoms. The molecule has 1 aliphatic heterocycles. The molecule has 10 heteroatoms. The summed E-state index contributed by atoms with van der Waals surface area (Å²) in [7, 11) is 0. The lowest BCUT2D eigenvalue weighted by molar-refractivity contribution is -0.384. The summed E-state index contributed by atoms with van der Waals surface area (Å²) in [5, 5.41) is 14.2. The van der Waals surface area contributed by atoms with Crippen LogP contribution in [0.25, 0.3) is 0 Å². The van der Waals surface area contributed by atoms with Crippen LogP contribution in [0.3, 0.4) is 0 Å². The molecule has 1 unspecified atom stereocenters. The van der Waals surface area contributed by atoms with Gasteiger partial charge < -0.3 is 10.2 Å². The van der Waals surface area contributed by atoms with E-state index in [9.17, 15) is 19.7 Å². The second kappa shape index (κ2) is 8.34. The van der Waals surface area contributed by atoms with Gasteiger partial charge in [0.05, 0.1) is 15.5 Å². The van der Waals surface area contributed by atoms with Crippen molar-refractivity contribution in [2.24, 2.45) is 0 Å². The highest BCUT2D eigenvalue weighted by Crippen LogP contribution is 2.29. The Morgan fingerprint density at radius 2 is 1.82 bits per heavy atom. The van der Waals surface area contributed by atoms with Gasteiger partial charge in [-0.1, -0.05) is 34.8 Å². The molecule has 1 heterocycles. The van der Waals surface area contributed by atoms with Gasteiger partial charge in [-0.2, -0.15) is 0 Å². The maximum absolute atomic E-state index is 12.9. The minimum atomic E-state index is -0.725. The van der Waals surface area contributed by atoms with Crippen LogP contribution in [0, 0.1) is 10.1 Å². The molecule has 2 amide bonds. The van der Waals surface area contributed by atoms with Crippen LogP contribution in [0.4, 0.5) is 11.4 Å². The Morgan fingerprint density at radius 1 is 1.11 bits per heavy atom. The minimum absolute atomic E-state index is 0.0312. The first-order valence-electron chi connectivity index (χ1n) is 8.28. The summed E-state index contributed by atoms with van der Waals surface area (Å²) in [6.07, 6.45) is 1.11. The number of nitrogens with one attached hydrogen (secondary N) is 1. The Hall–Kier alpha value is -2.35. The maximum atomic E-state index is 12.9. The number of nitro benzene ring substituents is 1. The van der Waals surface area contributed by atoms with E-state index in [2.05, 4.69) is 5.32 Å². The molecule has 1 atom stereocenters. The van der Waals surface area contributed by atoms with Crippen LogP contribution in [0.5, 0.6) is 0 Å². The van der Waals surface area contributed by atoms with Crippen molar-refractivity contribution in [3.63, 3.8) is 0 Å². The zero-order valence-corrected chi connectivity index (χ0v) is 16.6. The summed E-state index contributed by atoms with van der Waals surface area (Å²) < 4.78 is 0. The second-order valence-corrected chi connectivity index (χ2v) is 7.44. The highest BCUT2D eigenvalue weighted by Gasteiger charge is 2.35. The lowest BCUT2D eigenvalue weighted by Crippen LogP contribution is -2.43. The van der Waals surface area contributed by atoms with Gasteiger partial charge in [0.1, 0.15) is 11.1 Å². The topological polar surface area (TPSA) is 92.5 Å². The van der Waals surface area contributed by atoms with E-state index in [0.29, 0.717) is 24.4 Å². The highest BCUT2D eigenvalue weighted by atomic mass is 35.5. The maximum Gasteiger partial charge on any atom is 0.289 e. The Balaban J connectivity index is 1.80. The molecule has 1 aliphatic rings. The van der Waals surface area contributed by atoms with Crippen LogP contribution in [-0.2, 0) is 4.79 Å². The summed E-state index contributed by atoms with van der Waals surface area (Å²) in [4.78, 5) is 37.4. The van der Waals surface area contributed by atoms with Gasteiger partial charge in [-0.25, -0.2) is 0 Å². The zero-order chi connectivity index (χ0) is 20.4. The third-order valence-electron chi connectivity index (χ3n) is 4.39. The number of hydrogen-bond acceptors (Lipinski definition) is 4. The van der Waals surface area contributed by atoms with E-state index in [1.54, 1.807) is 6.07 Å². The average molecular weight is 443 g/mol. The predicted octanol–water partition coefficient (Wildman–Crippen LogP) is 4.80. The number of nitrogens with zero attached hydrogens (tertiary/aromatic N) is 2. The molecule has 0 aromatic heterocycles. The molecule has 1 N–H and O–H groups in total. The van der Waals surface area contributed by atoms with E-state index in [1.165, 1.54) is 35.2 Å². The van der Waals surface area contributed by atoms with Gasteiger partial charge >= 0.3 is 0 Å². The van der Waals surface area contributed by atoms with E-state index in [-0.39, 0.29) is 27.0 Å². The smallest absolute Gasteiger partial charge is 0.289 e. The van der Waals surface area contributed by atoms with E-state index in [1.807, 2.05) is 0 Å². The van der Waals surface area contributed by atoms with Crippen molar-refractivity contribution in [1.29, 1.82) is 0 Å². The van der Waals surface area contributed by atoms with Crippen molar-refractivity contribution in [3.05, 3.63) is 67.1 Å². The largest absolute Gasteiger partial charge is 0.327 e. The Labute approximate surface area is 175 Å². The van der Waals surface area contributed by atoms with Crippen LogP contribution in [-0.4, -0.2) is 34.2 Å². The molecular weight excluding hydrogens is 429 g/mol. The molecule has 2 aromatic rings. The number of carbonyl (C=O) groups excluding carboxylic acids is 2. The average Bonchev–Trinajstić information content (AvgIpc) is 3.14. The number of likely N-dealkylation sites (tertiary alicyclic amines) is 1. The normalized spacial score (nSPS) is 16.1. The van der Waals surface area contributed by atoms with Crippen molar-refractivity contribution in [2.45, 2.75) is 18.9 Å². The number of rotatable bonds is 4. The fourth-order valence-electron chi connectivity index (χ4n) is 3.05. The van der Waals surface area contributed by atoms with Gasteiger partial charge in [0.25, 0.3) is 11.6 Å². The summed E-state index contributed by atoms with van der Waals surface area (Å²) in [6, 6.07) is 7.80. The van der Waals surface area contributed by atoms with Gasteiger partial charge in [0.15, 0.2) is 0 Å². The monoisotopic (exact) mass is 441 g/mol. The number of nitro groups is 1. The lowest BCUT2D eigenvalue weighted by atomic mass is 10.1. The molecule has 0 radical (unpaired) electrons. The molecule has 3 rings (SSSR count). The Morgan fingerprint density at radius 3 is 2.54 bits per heavy atom. The van der Waals surface area contributed by atoms with Crippen molar-refractivity contribution in [3.8, 4) is 0 Å². The lowest BCUT2D eigenvalue weighted by Gasteiger charge is -2.24. The van der Waals surface area contributed by atoms with Crippen LogP contribution in [0.2, 0.25) is 15.1 Å². The fraction of sp³-hybridized carbons (Fsp3) is 0.222. The number of halogens is 3. The fourth-order valence-corrected chi connectivity index (χ4v) is 3.61. The summed E-state index contributed by atoms with van der Waals surface area (Å²) in [5.41, 5.74) is 0.127. The van der Waals surface area contributed by atoms with Gasteiger partial charge in [-0.15, -0.1) is 0 Å². The van der Waals surface area contributed by atoms with Crippen LogP contribution in [0.15, 0.2) is 36.4 Å². The van der Waals surface area contributed by atoms with Crippen molar-refractivity contribution in [1.82, 2.24) is 4.90 Å². The predicted molar refractivity (Wildman–Crippen MR) is 107 cm³/mol. The first-order chi connectivity index (χ1) is 13.3. The highest BCUT2D eigenvalue weighted by molar-refractivity contribution is 6.36. The molecule has 0 saturated carbocycles. The van der Waals surface area contributed by atoms with Gasteiger partial charge in [-0.05, 0) is 43.2 Å². The summed E-state index contributed by atoms with van der Waals surface area (Å²) in [5.74, 6) is -0.840. The van der Waals surface area contributed by atoms with Crippen LogP contribution < -0.4 is 5.32 Å². The van der Waals surface area contributed by atoms with Crippen LogP contribution in [0.1, 0.15) is 23.2 Å². The minimum Gasteiger partial charge on any atom is -0.327 e. The summed E-state index contributed by atoms with van der Waals surface area (Å²) >= 11 is 17.8. The molecule has 28 heavy (non-hydrogen) atoms. The van der Waals surface area contributed by atoms with Crippen LogP contribution >= 0.6 is 34.8 Å². The molecule has 7 nitrogen and oxygen atoms in total.